The highest BCUT2D eigenvalue weighted by Crippen LogP contribution is 2.24. The molecule has 0 saturated carbocycles. The fourth-order valence-corrected chi connectivity index (χ4v) is 5.26. The standard InChI is InChI=1S/C29H33Cl2N3O4S/c1-3-4-18-32-29(36)27(19-22-10-6-5-7-11-22)33(20-23-12-8-9-13-26(23)31)28(35)21-34(39(2,37)38)25-16-14-24(30)15-17-25/h5-17,27H,3-4,18-21H2,1-2H3,(H,32,36)/t27-/m1/s1. The second kappa shape index (κ2) is 14.4. The summed E-state index contributed by atoms with van der Waals surface area (Å²) in [5.41, 5.74) is 1.80. The Kier molecular flexibility index (Phi) is 11.2. The molecule has 3 aromatic rings. The third-order valence-electron chi connectivity index (χ3n) is 6.19. The molecule has 1 atom stereocenters. The topological polar surface area (TPSA) is 86.8 Å². The number of carbonyl (C=O) groups is 2. The number of nitrogens with one attached hydrogen (secondary N) is 1. The lowest BCUT2D eigenvalue weighted by Crippen LogP contribution is -2.53. The van der Waals surface area contributed by atoms with Crippen molar-refractivity contribution in [2.24, 2.45) is 0 Å². The van der Waals surface area contributed by atoms with Crippen LogP contribution in [0, 0.1) is 0 Å². The largest absolute Gasteiger partial charge is 0.354 e. The van der Waals surface area contributed by atoms with Crippen molar-refractivity contribution in [1.82, 2.24) is 10.2 Å². The summed E-state index contributed by atoms with van der Waals surface area (Å²) < 4.78 is 26.6. The van der Waals surface area contributed by atoms with Crippen molar-refractivity contribution in [3.8, 4) is 0 Å². The van der Waals surface area contributed by atoms with Gasteiger partial charge in [0, 0.05) is 29.6 Å². The zero-order valence-corrected chi connectivity index (χ0v) is 24.3. The summed E-state index contributed by atoms with van der Waals surface area (Å²) in [5.74, 6) is -0.855. The molecule has 0 radical (unpaired) electrons. The molecule has 2 amide bonds. The molecule has 0 fully saturated rings. The first kappa shape index (κ1) is 30.5. The van der Waals surface area contributed by atoms with E-state index in [0.29, 0.717) is 27.8 Å². The van der Waals surface area contributed by atoms with E-state index >= 15 is 0 Å². The van der Waals surface area contributed by atoms with Gasteiger partial charge in [-0.3, -0.25) is 13.9 Å². The van der Waals surface area contributed by atoms with Crippen molar-refractivity contribution in [2.75, 3.05) is 23.7 Å². The maximum atomic E-state index is 14.0. The van der Waals surface area contributed by atoms with Gasteiger partial charge in [0.15, 0.2) is 0 Å². The maximum Gasteiger partial charge on any atom is 0.244 e. The molecule has 0 aromatic heterocycles. The Balaban J connectivity index is 2.03. The van der Waals surface area contributed by atoms with Gasteiger partial charge in [-0.15, -0.1) is 0 Å². The van der Waals surface area contributed by atoms with Crippen LogP contribution in [0.3, 0.4) is 0 Å². The Hall–Kier alpha value is -3.07. The van der Waals surface area contributed by atoms with Crippen molar-refractivity contribution in [2.45, 2.75) is 38.8 Å². The molecule has 0 bridgehead atoms. The summed E-state index contributed by atoms with van der Waals surface area (Å²) >= 11 is 12.4. The number of hydrogen-bond acceptors (Lipinski definition) is 4. The van der Waals surface area contributed by atoms with Gasteiger partial charge in [-0.05, 0) is 47.9 Å². The third-order valence-corrected chi connectivity index (χ3v) is 7.95. The van der Waals surface area contributed by atoms with E-state index in [-0.39, 0.29) is 18.9 Å². The van der Waals surface area contributed by atoms with E-state index in [9.17, 15) is 18.0 Å². The van der Waals surface area contributed by atoms with Gasteiger partial charge < -0.3 is 10.2 Å². The Labute approximate surface area is 240 Å². The van der Waals surface area contributed by atoms with Gasteiger partial charge in [-0.1, -0.05) is 85.1 Å². The van der Waals surface area contributed by atoms with Gasteiger partial charge in [0.1, 0.15) is 12.6 Å². The number of hydrogen-bond donors (Lipinski definition) is 1. The number of benzene rings is 3. The zero-order chi connectivity index (χ0) is 28.4. The first-order chi connectivity index (χ1) is 18.6. The van der Waals surface area contributed by atoms with E-state index in [0.717, 1.165) is 29.0 Å². The third kappa shape index (κ3) is 8.98. The van der Waals surface area contributed by atoms with Gasteiger partial charge in [0.2, 0.25) is 21.8 Å². The smallest absolute Gasteiger partial charge is 0.244 e. The highest BCUT2D eigenvalue weighted by atomic mass is 35.5. The van der Waals surface area contributed by atoms with Crippen LogP contribution in [0.5, 0.6) is 0 Å². The predicted octanol–water partition coefficient (Wildman–Crippen LogP) is 5.32. The first-order valence-electron chi connectivity index (χ1n) is 12.7. The molecule has 7 nitrogen and oxygen atoms in total. The molecule has 10 heteroatoms. The number of unbranched alkanes of at least 4 members (excludes halogenated alkanes) is 1. The number of sulfonamides is 1. The second-order valence-corrected chi connectivity index (χ2v) is 12.0. The van der Waals surface area contributed by atoms with Crippen LogP contribution in [0.25, 0.3) is 0 Å². The zero-order valence-electron chi connectivity index (χ0n) is 22.0. The average Bonchev–Trinajstić information content (AvgIpc) is 2.91. The molecule has 0 heterocycles. The molecular formula is C29H33Cl2N3O4S. The van der Waals surface area contributed by atoms with Gasteiger partial charge >= 0.3 is 0 Å². The lowest BCUT2D eigenvalue weighted by atomic mass is 10.0. The van der Waals surface area contributed by atoms with E-state index in [1.165, 1.54) is 17.0 Å². The second-order valence-electron chi connectivity index (χ2n) is 9.21. The maximum absolute atomic E-state index is 14.0. The number of nitrogens with zero attached hydrogens (tertiary/aromatic N) is 2. The van der Waals surface area contributed by atoms with Crippen molar-refractivity contribution >= 4 is 50.7 Å². The number of halogens is 2. The first-order valence-corrected chi connectivity index (χ1v) is 15.3. The van der Waals surface area contributed by atoms with Crippen molar-refractivity contribution in [3.63, 3.8) is 0 Å². The predicted molar refractivity (Wildman–Crippen MR) is 157 cm³/mol. The van der Waals surface area contributed by atoms with Crippen LogP contribution in [0.1, 0.15) is 30.9 Å². The molecule has 0 saturated heterocycles. The Morgan fingerprint density at radius 2 is 1.56 bits per heavy atom. The van der Waals surface area contributed by atoms with Crippen LogP contribution >= 0.6 is 23.2 Å². The molecule has 0 aliphatic carbocycles. The van der Waals surface area contributed by atoms with E-state index in [1.807, 2.05) is 37.3 Å². The molecule has 0 aliphatic heterocycles. The van der Waals surface area contributed by atoms with Crippen LogP contribution in [-0.4, -0.2) is 50.5 Å². The van der Waals surface area contributed by atoms with Crippen molar-refractivity contribution in [1.29, 1.82) is 0 Å². The van der Waals surface area contributed by atoms with Gasteiger partial charge in [0.05, 0.1) is 11.9 Å². The minimum Gasteiger partial charge on any atom is -0.354 e. The summed E-state index contributed by atoms with van der Waals surface area (Å²) in [7, 11) is -3.85. The molecule has 39 heavy (non-hydrogen) atoms. The van der Waals surface area contributed by atoms with E-state index < -0.39 is 28.5 Å². The molecule has 0 unspecified atom stereocenters. The number of carbonyl (C=O) groups excluding carboxylic acids is 2. The summed E-state index contributed by atoms with van der Waals surface area (Å²) in [4.78, 5) is 29.0. The summed E-state index contributed by atoms with van der Waals surface area (Å²) in [6, 6.07) is 21.7. The molecule has 3 aromatic carbocycles. The number of amides is 2. The molecule has 3 rings (SSSR count). The molecule has 1 N–H and O–H groups in total. The van der Waals surface area contributed by atoms with Gasteiger partial charge in [-0.2, -0.15) is 0 Å². The average molecular weight is 591 g/mol. The van der Waals surface area contributed by atoms with E-state index in [1.54, 1.807) is 36.4 Å². The van der Waals surface area contributed by atoms with Crippen molar-refractivity contribution < 1.29 is 18.0 Å². The number of rotatable bonds is 13. The minimum absolute atomic E-state index is 0.0232. The quantitative estimate of drug-likeness (QED) is 0.273. The van der Waals surface area contributed by atoms with Crippen LogP contribution in [-0.2, 0) is 32.6 Å². The summed E-state index contributed by atoms with van der Waals surface area (Å²) in [5, 5.41) is 3.83. The minimum atomic E-state index is -3.85. The fraction of sp³-hybridized carbons (Fsp3) is 0.310. The highest BCUT2D eigenvalue weighted by molar-refractivity contribution is 7.92. The normalized spacial score (nSPS) is 12.0. The lowest BCUT2D eigenvalue weighted by molar-refractivity contribution is -0.140. The highest BCUT2D eigenvalue weighted by Gasteiger charge is 2.33. The Morgan fingerprint density at radius 1 is 0.923 bits per heavy atom. The van der Waals surface area contributed by atoms with Crippen molar-refractivity contribution in [3.05, 3.63) is 100 Å². The molecule has 0 aliphatic rings. The van der Waals surface area contributed by atoms with Crippen LogP contribution in [0.15, 0.2) is 78.9 Å². The van der Waals surface area contributed by atoms with Gasteiger partial charge in [0.25, 0.3) is 0 Å². The monoisotopic (exact) mass is 589 g/mol. The molecule has 208 valence electrons. The van der Waals surface area contributed by atoms with Crippen LogP contribution < -0.4 is 9.62 Å². The van der Waals surface area contributed by atoms with Gasteiger partial charge in [-0.25, -0.2) is 8.42 Å². The number of anilines is 1. The Bertz CT molecular complexity index is 1350. The van der Waals surface area contributed by atoms with E-state index in [2.05, 4.69) is 5.32 Å². The molecule has 0 spiro atoms. The Morgan fingerprint density at radius 3 is 2.18 bits per heavy atom. The van der Waals surface area contributed by atoms with Crippen LogP contribution in [0.2, 0.25) is 10.0 Å². The van der Waals surface area contributed by atoms with E-state index in [4.69, 9.17) is 23.2 Å². The fourth-order valence-electron chi connectivity index (χ4n) is 4.09. The summed E-state index contributed by atoms with van der Waals surface area (Å²) in [6.07, 6.45) is 2.97. The van der Waals surface area contributed by atoms with Crippen LogP contribution in [0.4, 0.5) is 5.69 Å². The lowest BCUT2D eigenvalue weighted by Gasteiger charge is -2.33. The SMILES string of the molecule is CCCCNC(=O)[C@@H](Cc1ccccc1)N(Cc1ccccc1Cl)C(=O)CN(c1ccc(Cl)cc1)S(C)(=O)=O. The molecular weight excluding hydrogens is 557 g/mol. The summed E-state index contributed by atoms with van der Waals surface area (Å²) in [6.45, 7) is 2.01.